The second kappa shape index (κ2) is 6.72. The second-order valence-corrected chi connectivity index (χ2v) is 14.4. The van der Waals surface area contributed by atoms with E-state index in [4.69, 9.17) is 4.74 Å². The molecule has 4 heteroatoms. The highest BCUT2D eigenvalue weighted by Crippen LogP contribution is 2.78. The molecule has 1 heterocycles. The summed E-state index contributed by atoms with van der Waals surface area (Å²) < 4.78 is 5.46. The van der Waals surface area contributed by atoms with Crippen molar-refractivity contribution in [2.75, 3.05) is 18.6 Å². The summed E-state index contributed by atoms with van der Waals surface area (Å²) in [7, 11) is 1.60. The Morgan fingerprint density at radius 3 is 1.94 bits per heavy atom. The summed E-state index contributed by atoms with van der Waals surface area (Å²) in [6.07, 6.45) is 15.3. The van der Waals surface area contributed by atoms with Gasteiger partial charge in [-0.3, -0.25) is 9.59 Å². The molecular formula is C31H39NO3. The first-order valence-corrected chi connectivity index (χ1v) is 14.4. The predicted molar refractivity (Wildman–Crippen MR) is 134 cm³/mol. The molecule has 8 bridgehead atoms. The van der Waals surface area contributed by atoms with Crippen molar-refractivity contribution >= 4 is 17.6 Å². The number of rotatable bonds is 3. The molecule has 35 heavy (non-hydrogen) atoms. The van der Waals surface area contributed by atoms with E-state index in [1.54, 1.807) is 7.11 Å². The van der Waals surface area contributed by atoms with Crippen LogP contribution in [0.15, 0.2) is 24.3 Å². The topological polar surface area (TPSA) is 46.6 Å². The van der Waals surface area contributed by atoms with Crippen LogP contribution in [-0.2, 0) is 20.7 Å². The highest BCUT2D eigenvalue weighted by molar-refractivity contribution is 5.99. The van der Waals surface area contributed by atoms with Gasteiger partial charge in [0, 0.05) is 12.2 Å². The number of para-hydroxylation sites is 1. The lowest BCUT2D eigenvalue weighted by molar-refractivity contribution is -0.239. The lowest BCUT2D eigenvalue weighted by Crippen LogP contribution is -2.67. The van der Waals surface area contributed by atoms with Gasteiger partial charge in [0.2, 0.25) is 5.91 Å². The fraction of sp³-hybridized carbons (Fsp3) is 0.742. The van der Waals surface area contributed by atoms with Crippen molar-refractivity contribution in [2.24, 2.45) is 45.3 Å². The molecule has 4 atom stereocenters. The first-order valence-electron chi connectivity index (χ1n) is 14.4. The van der Waals surface area contributed by atoms with Crippen LogP contribution in [0.3, 0.4) is 0 Å². The predicted octanol–water partition coefficient (Wildman–Crippen LogP) is 5.92. The molecule has 1 amide bonds. The number of methoxy groups -OCH3 is 1. The minimum absolute atomic E-state index is 0.0696. The number of ether oxygens (including phenoxy) is 1. The smallest absolute Gasteiger partial charge is 0.311 e. The molecular weight excluding hydrogens is 434 g/mol. The lowest BCUT2D eigenvalue weighted by atomic mass is 9.31. The maximum absolute atomic E-state index is 14.5. The van der Waals surface area contributed by atoms with Crippen molar-refractivity contribution in [1.29, 1.82) is 0 Å². The Hall–Kier alpha value is -1.84. The maximum Gasteiger partial charge on any atom is 0.311 e. The summed E-state index contributed by atoms with van der Waals surface area (Å²) in [5.74, 6) is 3.26. The average Bonchev–Trinajstić information content (AvgIpc) is 3.25. The van der Waals surface area contributed by atoms with Crippen LogP contribution in [0.2, 0.25) is 0 Å². The highest BCUT2D eigenvalue weighted by atomic mass is 16.5. The van der Waals surface area contributed by atoms with Crippen LogP contribution < -0.4 is 4.90 Å². The summed E-state index contributed by atoms with van der Waals surface area (Å²) in [4.78, 5) is 29.9. The number of carbonyl (C=O) groups excluding carboxylic acids is 2. The molecule has 0 spiro atoms. The van der Waals surface area contributed by atoms with Crippen molar-refractivity contribution in [3.63, 3.8) is 0 Å². The molecule has 1 aromatic rings. The SMILES string of the molecule is COC(=O)C12CC3CC(C1)CC(C14CC5CC(CC(C(=O)N6CCc7ccccc76)(C5)C1)C4)(C3)C2. The summed E-state index contributed by atoms with van der Waals surface area (Å²) >= 11 is 0. The Kier molecular flexibility index (Phi) is 4.08. The number of anilines is 1. The van der Waals surface area contributed by atoms with Gasteiger partial charge in [-0.05, 0) is 130 Å². The van der Waals surface area contributed by atoms with Gasteiger partial charge in [0.25, 0.3) is 0 Å². The number of carbonyl (C=O) groups is 2. The van der Waals surface area contributed by atoms with Gasteiger partial charge in [-0.25, -0.2) is 0 Å². The number of benzene rings is 1. The molecule has 8 fully saturated rings. The summed E-state index contributed by atoms with van der Waals surface area (Å²) in [5.41, 5.74) is 2.58. The molecule has 4 nitrogen and oxygen atoms in total. The van der Waals surface area contributed by atoms with E-state index in [2.05, 4.69) is 29.2 Å². The van der Waals surface area contributed by atoms with Gasteiger partial charge in [-0.2, -0.15) is 0 Å². The lowest BCUT2D eigenvalue weighted by Gasteiger charge is -2.73. The molecule has 9 aliphatic rings. The Bertz CT molecular complexity index is 1090. The number of amides is 1. The van der Waals surface area contributed by atoms with Gasteiger partial charge in [0.1, 0.15) is 0 Å². The van der Waals surface area contributed by atoms with Crippen LogP contribution in [0.5, 0.6) is 0 Å². The number of hydrogen-bond donors (Lipinski definition) is 0. The number of hydrogen-bond acceptors (Lipinski definition) is 3. The average molecular weight is 474 g/mol. The monoisotopic (exact) mass is 473 g/mol. The molecule has 1 aliphatic heterocycles. The molecule has 186 valence electrons. The third kappa shape index (κ3) is 2.65. The Labute approximate surface area is 209 Å². The molecule has 0 N–H and O–H groups in total. The Morgan fingerprint density at radius 1 is 0.800 bits per heavy atom. The fourth-order valence-corrected chi connectivity index (χ4v) is 12.3. The normalized spacial score (nSPS) is 48.3. The zero-order chi connectivity index (χ0) is 23.6. The molecule has 1 aromatic carbocycles. The van der Waals surface area contributed by atoms with Crippen molar-refractivity contribution in [2.45, 2.75) is 83.5 Å². The van der Waals surface area contributed by atoms with Crippen LogP contribution in [0, 0.1) is 45.3 Å². The fourth-order valence-electron chi connectivity index (χ4n) is 12.3. The standard InChI is InChI=1S/C31H39NO3/c1-35-27(34)29-12-22-9-23(13-29)17-31(16-22,19-29)30-14-20-8-21(15-30)11-28(10-20,18-30)26(33)32-7-6-24-4-2-3-5-25(24)32/h2-5,20-23H,6-19H2,1H3. The second-order valence-electron chi connectivity index (χ2n) is 14.4. The zero-order valence-electron chi connectivity index (χ0n) is 21.2. The summed E-state index contributed by atoms with van der Waals surface area (Å²) in [6.45, 7) is 0.850. The summed E-state index contributed by atoms with van der Waals surface area (Å²) in [5, 5.41) is 0. The number of esters is 1. The van der Waals surface area contributed by atoms with Gasteiger partial charge in [0.05, 0.1) is 17.9 Å². The maximum atomic E-state index is 14.5. The minimum Gasteiger partial charge on any atom is -0.469 e. The third-order valence-electron chi connectivity index (χ3n) is 12.5. The van der Waals surface area contributed by atoms with Crippen LogP contribution in [0.25, 0.3) is 0 Å². The molecule has 0 radical (unpaired) electrons. The molecule has 8 aliphatic carbocycles. The molecule has 8 saturated carbocycles. The van der Waals surface area contributed by atoms with E-state index >= 15 is 0 Å². The van der Waals surface area contributed by atoms with E-state index < -0.39 is 0 Å². The largest absolute Gasteiger partial charge is 0.469 e. The third-order valence-corrected chi connectivity index (χ3v) is 12.5. The summed E-state index contributed by atoms with van der Waals surface area (Å²) in [6, 6.07) is 8.56. The van der Waals surface area contributed by atoms with Crippen LogP contribution >= 0.6 is 0 Å². The van der Waals surface area contributed by atoms with Gasteiger partial charge in [0.15, 0.2) is 0 Å². The van der Waals surface area contributed by atoms with Gasteiger partial charge >= 0.3 is 5.97 Å². The quantitative estimate of drug-likeness (QED) is 0.512. The van der Waals surface area contributed by atoms with Gasteiger partial charge in [-0.15, -0.1) is 0 Å². The van der Waals surface area contributed by atoms with Crippen molar-refractivity contribution in [3.8, 4) is 0 Å². The van der Waals surface area contributed by atoms with Crippen LogP contribution in [-0.4, -0.2) is 25.5 Å². The van der Waals surface area contributed by atoms with E-state index in [0.717, 1.165) is 51.5 Å². The Morgan fingerprint density at radius 2 is 1.34 bits per heavy atom. The van der Waals surface area contributed by atoms with Crippen LogP contribution in [0.1, 0.15) is 82.6 Å². The van der Waals surface area contributed by atoms with E-state index in [9.17, 15) is 9.59 Å². The molecule has 10 rings (SSSR count). The van der Waals surface area contributed by atoms with Crippen LogP contribution in [0.4, 0.5) is 5.69 Å². The Balaban J connectivity index is 1.19. The van der Waals surface area contributed by atoms with E-state index in [0.29, 0.717) is 29.6 Å². The van der Waals surface area contributed by atoms with Crippen molar-refractivity contribution in [1.82, 2.24) is 0 Å². The number of nitrogens with zero attached hydrogens (tertiary/aromatic N) is 1. The van der Waals surface area contributed by atoms with E-state index in [1.165, 1.54) is 49.8 Å². The molecule has 4 unspecified atom stereocenters. The highest BCUT2D eigenvalue weighted by Gasteiger charge is 2.72. The zero-order valence-corrected chi connectivity index (χ0v) is 21.2. The van der Waals surface area contributed by atoms with Crippen molar-refractivity contribution < 1.29 is 14.3 Å². The first kappa shape index (κ1) is 21.3. The van der Waals surface area contributed by atoms with E-state index in [1.807, 2.05) is 0 Å². The number of fused-ring (bicyclic) bond motifs is 1. The van der Waals surface area contributed by atoms with Gasteiger partial charge < -0.3 is 9.64 Å². The van der Waals surface area contributed by atoms with Gasteiger partial charge in [-0.1, -0.05) is 18.2 Å². The van der Waals surface area contributed by atoms with E-state index in [-0.39, 0.29) is 27.6 Å². The first-order chi connectivity index (χ1) is 16.9. The molecule has 0 saturated heterocycles. The minimum atomic E-state index is -0.243. The molecule has 0 aromatic heterocycles. The van der Waals surface area contributed by atoms with Crippen molar-refractivity contribution in [3.05, 3.63) is 29.8 Å².